The van der Waals surface area contributed by atoms with Crippen LogP contribution in [0.5, 0.6) is 0 Å². The van der Waals surface area contributed by atoms with Crippen LogP contribution in [0, 0.1) is 13.0 Å². The number of rotatable bonds is 2. The van der Waals surface area contributed by atoms with Crippen molar-refractivity contribution in [2.75, 3.05) is 6.54 Å². The van der Waals surface area contributed by atoms with E-state index in [1.165, 1.54) is 0 Å². The van der Waals surface area contributed by atoms with Gasteiger partial charge in [-0.2, -0.15) is 0 Å². The van der Waals surface area contributed by atoms with Gasteiger partial charge in [0.2, 0.25) is 0 Å². The number of carbonyl (C=O) groups is 1. The van der Waals surface area contributed by atoms with Crippen molar-refractivity contribution in [3.8, 4) is 11.3 Å². The molecule has 3 rings (SSSR count). The average Bonchev–Trinajstić information content (AvgIpc) is 3.04. The van der Waals surface area contributed by atoms with Gasteiger partial charge >= 0.3 is 0 Å². The Balaban J connectivity index is 0.000000234. The average molecular weight is 476 g/mol. The number of hydrogen-bond acceptors (Lipinski definition) is 3. The Labute approximate surface area is 143 Å². The van der Waals surface area contributed by atoms with Crippen LogP contribution < -0.4 is 0 Å². The largest absolute Gasteiger partial charge is 0.650 e. The minimum absolute atomic E-state index is 0. The van der Waals surface area contributed by atoms with Crippen LogP contribution in [-0.2, 0) is 24.9 Å². The summed E-state index contributed by atoms with van der Waals surface area (Å²) >= 11 is 0. The van der Waals surface area contributed by atoms with Gasteiger partial charge in [-0.1, -0.05) is 12.8 Å². The second kappa shape index (κ2) is 9.41. The van der Waals surface area contributed by atoms with Crippen LogP contribution in [-0.4, -0.2) is 33.6 Å². The predicted molar refractivity (Wildman–Crippen MR) is 79.9 cm³/mol. The number of aryl methyl sites for hydroxylation is 1. The summed E-state index contributed by atoms with van der Waals surface area (Å²) in [6, 6.07) is 10.5. The van der Waals surface area contributed by atoms with Crippen molar-refractivity contribution in [1.82, 2.24) is 9.97 Å². The molecule has 5 nitrogen and oxygen atoms in total. The molecule has 22 heavy (non-hydrogen) atoms. The topological polar surface area (TPSA) is 77.2 Å². The molecule has 1 aliphatic rings. The second-order valence-corrected chi connectivity index (χ2v) is 4.67. The predicted octanol–water partition coefficient (Wildman–Crippen LogP) is 2.86. The van der Waals surface area contributed by atoms with Gasteiger partial charge < -0.3 is 15.4 Å². The van der Waals surface area contributed by atoms with Crippen LogP contribution in [0.3, 0.4) is 0 Å². The summed E-state index contributed by atoms with van der Waals surface area (Å²) < 4.78 is 0. The molecule has 1 radical (unpaired) electrons. The number of aliphatic carboxylic acids is 1. The van der Waals surface area contributed by atoms with Gasteiger partial charge in [0.15, 0.2) is 0 Å². The Bertz CT molecular complexity index is 587. The van der Waals surface area contributed by atoms with Crippen molar-refractivity contribution < 1.29 is 30.0 Å². The third-order valence-corrected chi connectivity index (χ3v) is 3.12. The molecular formula is C16H17IrN3O2-2. The molecule has 0 amide bonds. The first kappa shape index (κ1) is 18.4. The number of carboxylic acid groups (broad SMARTS) is 1. The number of nitrogens with zero attached hydrogens (tertiary/aromatic N) is 3. The monoisotopic (exact) mass is 476 g/mol. The molecule has 0 aliphatic carbocycles. The SMILES string of the molecule is Cc1nccnc1-c1[c-]cccc1.O=C(O)C1CCC[N-]1.[Ir]. The van der Waals surface area contributed by atoms with Gasteiger partial charge in [-0.25, -0.2) is 0 Å². The summed E-state index contributed by atoms with van der Waals surface area (Å²) in [5.74, 6) is -0.775. The molecule has 0 bridgehead atoms. The maximum Gasteiger partial charge on any atom is 0.285 e. The molecule has 1 aromatic carbocycles. The van der Waals surface area contributed by atoms with Gasteiger partial charge in [-0.05, 0) is 13.0 Å². The zero-order valence-corrected chi connectivity index (χ0v) is 14.6. The molecule has 1 saturated heterocycles. The van der Waals surface area contributed by atoms with Crippen LogP contribution in [0.25, 0.3) is 16.6 Å². The van der Waals surface area contributed by atoms with E-state index in [-0.39, 0.29) is 20.1 Å². The molecule has 1 aliphatic heterocycles. The summed E-state index contributed by atoms with van der Waals surface area (Å²) in [5.41, 5.74) is 2.83. The van der Waals surface area contributed by atoms with Gasteiger partial charge in [0.05, 0.1) is 0 Å². The molecule has 1 unspecified atom stereocenters. The van der Waals surface area contributed by atoms with Crippen molar-refractivity contribution in [3.05, 3.63) is 53.7 Å². The molecule has 1 atom stereocenters. The van der Waals surface area contributed by atoms with Crippen LogP contribution >= 0.6 is 0 Å². The molecule has 1 N–H and O–H groups in total. The van der Waals surface area contributed by atoms with Gasteiger partial charge in [-0.15, -0.1) is 42.4 Å². The minimum atomic E-state index is -0.775. The molecule has 6 heteroatoms. The number of aromatic nitrogens is 2. The molecule has 0 saturated carbocycles. The zero-order valence-electron chi connectivity index (χ0n) is 12.2. The first-order valence-electron chi connectivity index (χ1n) is 6.82. The van der Waals surface area contributed by atoms with Gasteiger partial charge in [0, 0.05) is 43.9 Å². The van der Waals surface area contributed by atoms with Gasteiger partial charge in [-0.3, -0.25) is 9.78 Å². The number of hydrogen-bond donors (Lipinski definition) is 1. The van der Waals surface area contributed by atoms with Crippen molar-refractivity contribution in [3.63, 3.8) is 0 Å². The summed E-state index contributed by atoms with van der Waals surface area (Å²) in [7, 11) is 0. The number of benzene rings is 1. The molecule has 119 valence electrons. The number of carboxylic acids is 1. The molecule has 0 spiro atoms. The molecular weight excluding hydrogens is 458 g/mol. The second-order valence-electron chi connectivity index (χ2n) is 4.67. The third-order valence-electron chi connectivity index (χ3n) is 3.12. The Hall–Kier alpha value is -1.62. The van der Waals surface area contributed by atoms with Crippen LogP contribution in [0.15, 0.2) is 36.7 Å². The van der Waals surface area contributed by atoms with E-state index in [1.54, 1.807) is 12.4 Å². The fourth-order valence-corrected chi connectivity index (χ4v) is 2.04. The standard InChI is InChI=1S/C11H9N2.C5H8NO2.Ir/c1-9-11(13-8-7-12-9)10-5-3-2-4-6-10;7-5(8)4-2-1-3-6-4;/h2-5,7-8H,1H3;4H,1-3H2,(H,7,8);/q2*-1;. The van der Waals surface area contributed by atoms with E-state index in [1.807, 2.05) is 31.2 Å². The Morgan fingerprint density at radius 2 is 2.14 bits per heavy atom. The van der Waals surface area contributed by atoms with Crippen LogP contribution in [0.1, 0.15) is 18.5 Å². The summed E-state index contributed by atoms with van der Waals surface area (Å²) in [6.07, 6.45) is 5.07. The third kappa shape index (κ3) is 5.29. The minimum Gasteiger partial charge on any atom is -0.650 e. The summed E-state index contributed by atoms with van der Waals surface area (Å²) in [4.78, 5) is 18.5. The van der Waals surface area contributed by atoms with E-state index in [2.05, 4.69) is 21.4 Å². The normalized spacial score (nSPS) is 16.1. The fraction of sp³-hybridized carbons (Fsp3) is 0.312. The maximum absolute atomic E-state index is 10.1. The molecule has 2 aromatic rings. The van der Waals surface area contributed by atoms with Crippen molar-refractivity contribution in [2.45, 2.75) is 25.8 Å². The van der Waals surface area contributed by atoms with E-state index in [0.717, 1.165) is 36.3 Å². The van der Waals surface area contributed by atoms with Gasteiger partial charge in [0.25, 0.3) is 5.97 Å². The van der Waals surface area contributed by atoms with Crippen molar-refractivity contribution in [2.24, 2.45) is 0 Å². The smallest absolute Gasteiger partial charge is 0.285 e. The summed E-state index contributed by atoms with van der Waals surface area (Å²) in [6.45, 7) is 2.68. The molecule has 2 heterocycles. The Kier molecular flexibility index (Phi) is 7.88. The first-order valence-corrected chi connectivity index (χ1v) is 6.82. The Morgan fingerprint density at radius 1 is 1.36 bits per heavy atom. The maximum atomic E-state index is 10.1. The van der Waals surface area contributed by atoms with Crippen molar-refractivity contribution >= 4 is 5.97 Å². The zero-order chi connectivity index (χ0) is 15.1. The van der Waals surface area contributed by atoms with E-state index >= 15 is 0 Å². The molecule has 1 fully saturated rings. The van der Waals surface area contributed by atoms with Gasteiger partial charge in [0.1, 0.15) is 0 Å². The quantitative estimate of drug-likeness (QED) is 0.678. The van der Waals surface area contributed by atoms with Crippen LogP contribution in [0.4, 0.5) is 0 Å². The first-order chi connectivity index (χ1) is 10.2. The van der Waals surface area contributed by atoms with E-state index < -0.39 is 12.0 Å². The van der Waals surface area contributed by atoms with Crippen LogP contribution in [0.2, 0.25) is 0 Å². The van der Waals surface area contributed by atoms with E-state index in [9.17, 15) is 4.79 Å². The Morgan fingerprint density at radius 3 is 2.64 bits per heavy atom. The van der Waals surface area contributed by atoms with E-state index in [0.29, 0.717) is 0 Å². The van der Waals surface area contributed by atoms with Crippen molar-refractivity contribution in [1.29, 1.82) is 0 Å². The fourth-order valence-electron chi connectivity index (χ4n) is 2.04. The molecule has 1 aromatic heterocycles. The van der Waals surface area contributed by atoms with E-state index in [4.69, 9.17) is 5.11 Å². The summed E-state index contributed by atoms with van der Waals surface area (Å²) in [5, 5.41) is 12.2.